The quantitative estimate of drug-likeness (QED) is 0.889. The maximum absolute atomic E-state index is 5.50. The molecule has 1 aromatic heterocycles. The van der Waals surface area contributed by atoms with Crippen molar-refractivity contribution < 1.29 is 9.47 Å². The van der Waals surface area contributed by atoms with E-state index in [-0.39, 0.29) is 6.04 Å². The van der Waals surface area contributed by atoms with Crippen molar-refractivity contribution in [1.82, 2.24) is 10.3 Å². The van der Waals surface area contributed by atoms with Gasteiger partial charge in [-0.05, 0) is 27.0 Å². The van der Waals surface area contributed by atoms with Crippen molar-refractivity contribution >= 4 is 11.3 Å². The Bertz CT molecular complexity index is 591. The van der Waals surface area contributed by atoms with Gasteiger partial charge < -0.3 is 14.8 Å². The summed E-state index contributed by atoms with van der Waals surface area (Å²) in [4.78, 5) is 5.90. The van der Waals surface area contributed by atoms with Crippen molar-refractivity contribution in [2.24, 2.45) is 0 Å². The minimum absolute atomic E-state index is 0.163. The molecule has 0 saturated carbocycles. The number of benzene rings is 1. The van der Waals surface area contributed by atoms with Gasteiger partial charge in [-0.3, -0.25) is 0 Å². The molecule has 5 heteroatoms. The highest BCUT2D eigenvalue weighted by atomic mass is 32.1. The van der Waals surface area contributed by atoms with Crippen molar-refractivity contribution in [3.63, 3.8) is 0 Å². The molecule has 1 heterocycles. The second-order valence-electron chi connectivity index (χ2n) is 4.90. The van der Waals surface area contributed by atoms with Gasteiger partial charge in [0.1, 0.15) is 11.5 Å². The van der Waals surface area contributed by atoms with Gasteiger partial charge in [0.25, 0.3) is 0 Å². The van der Waals surface area contributed by atoms with E-state index in [9.17, 15) is 0 Å². The van der Waals surface area contributed by atoms with Gasteiger partial charge in [0.2, 0.25) is 0 Å². The van der Waals surface area contributed by atoms with Crippen molar-refractivity contribution in [2.75, 3.05) is 21.3 Å². The van der Waals surface area contributed by atoms with Crippen LogP contribution in [0.3, 0.4) is 0 Å². The van der Waals surface area contributed by atoms with E-state index in [1.165, 1.54) is 4.88 Å². The molecular weight excluding hydrogens is 284 g/mol. The lowest BCUT2D eigenvalue weighted by Crippen LogP contribution is -2.19. The van der Waals surface area contributed by atoms with E-state index in [4.69, 9.17) is 9.47 Å². The van der Waals surface area contributed by atoms with Crippen LogP contribution >= 0.6 is 11.3 Å². The zero-order chi connectivity index (χ0) is 15.4. The smallest absolute Gasteiger partial charge is 0.127 e. The maximum Gasteiger partial charge on any atom is 0.127 e. The zero-order valence-electron chi connectivity index (χ0n) is 13.2. The van der Waals surface area contributed by atoms with Crippen LogP contribution in [0.4, 0.5) is 0 Å². The van der Waals surface area contributed by atoms with E-state index in [0.29, 0.717) is 0 Å². The molecule has 0 aliphatic carbocycles. The number of hydrogen-bond acceptors (Lipinski definition) is 5. The molecule has 0 saturated heterocycles. The number of methoxy groups -OCH3 is 2. The lowest BCUT2D eigenvalue weighted by molar-refractivity contribution is 0.385. The molecular formula is C16H22N2O2S. The highest BCUT2D eigenvalue weighted by Gasteiger charge is 2.18. The molecule has 2 aromatic rings. The SMILES string of the molecule is CNC(Cc1nc(C)c(C)s1)c1ccc(OC)cc1OC. The van der Waals surface area contributed by atoms with Crippen LogP contribution in [0.15, 0.2) is 18.2 Å². The summed E-state index contributed by atoms with van der Waals surface area (Å²) in [5.41, 5.74) is 2.23. The summed E-state index contributed by atoms with van der Waals surface area (Å²) < 4.78 is 10.8. The van der Waals surface area contributed by atoms with Gasteiger partial charge in [-0.2, -0.15) is 0 Å². The van der Waals surface area contributed by atoms with Crippen LogP contribution in [0, 0.1) is 13.8 Å². The minimum atomic E-state index is 0.163. The number of thiazole rings is 1. The van der Waals surface area contributed by atoms with Gasteiger partial charge in [-0.25, -0.2) is 4.98 Å². The molecule has 114 valence electrons. The first-order valence-electron chi connectivity index (χ1n) is 6.91. The van der Waals surface area contributed by atoms with Crippen LogP contribution in [0.1, 0.15) is 27.2 Å². The Labute approximate surface area is 130 Å². The lowest BCUT2D eigenvalue weighted by Gasteiger charge is -2.19. The Balaban J connectivity index is 2.28. The summed E-state index contributed by atoms with van der Waals surface area (Å²) in [6.45, 7) is 4.16. The van der Waals surface area contributed by atoms with Crippen molar-refractivity contribution in [3.05, 3.63) is 39.3 Å². The van der Waals surface area contributed by atoms with Gasteiger partial charge in [0.05, 0.1) is 24.9 Å². The molecule has 0 radical (unpaired) electrons. The third-order valence-corrected chi connectivity index (χ3v) is 4.71. The third kappa shape index (κ3) is 3.54. The molecule has 4 nitrogen and oxygen atoms in total. The summed E-state index contributed by atoms with van der Waals surface area (Å²) in [5, 5.41) is 4.49. The second-order valence-corrected chi connectivity index (χ2v) is 6.19. The topological polar surface area (TPSA) is 43.4 Å². The Kier molecular flexibility index (Phi) is 5.20. The zero-order valence-corrected chi connectivity index (χ0v) is 14.0. The molecule has 2 rings (SSSR count). The third-order valence-electron chi connectivity index (χ3n) is 3.62. The monoisotopic (exact) mass is 306 g/mol. The molecule has 0 fully saturated rings. The van der Waals surface area contributed by atoms with E-state index in [2.05, 4.69) is 24.1 Å². The van der Waals surface area contributed by atoms with Gasteiger partial charge in [-0.1, -0.05) is 6.07 Å². The highest BCUT2D eigenvalue weighted by Crippen LogP contribution is 2.32. The molecule has 0 spiro atoms. The fourth-order valence-electron chi connectivity index (χ4n) is 2.27. The summed E-state index contributed by atoms with van der Waals surface area (Å²) in [6.07, 6.45) is 0.846. The summed E-state index contributed by atoms with van der Waals surface area (Å²) in [5.74, 6) is 1.63. The van der Waals surface area contributed by atoms with E-state index in [1.54, 1.807) is 25.6 Å². The van der Waals surface area contributed by atoms with Crippen LogP contribution in [0.5, 0.6) is 11.5 Å². The fraction of sp³-hybridized carbons (Fsp3) is 0.438. The van der Waals surface area contributed by atoms with Crippen LogP contribution in [-0.2, 0) is 6.42 Å². The van der Waals surface area contributed by atoms with Crippen LogP contribution < -0.4 is 14.8 Å². The lowest BCUT2D eigenvalue weighted by atomic mass is 10.0. The van der Waals surface area contributed by atoms with E-state index >= 15 is 0 Å². The summed E-state index contributed by atoms with van der Waals surface area (Å²) in [6, 6.07) is 6.08. The first-order valence-corrected chi connectivity index (χ1v) is 7.72. The van der Waals surface area contributed by atoms with Crippen molar-refractivity contribution in [3.8, 4) is 11.5 Å². The highest BCUT2D eigenvalue weighted by molar-refractivity contribution is 7.11. The molecule has 0 aliphatic heterocycles. The first kappa shape index (κ1) is 15.8. The van der Waals surface area contributed by atoms with Crippen LogP contribution in [0.25, 0.3) is 0 Å². The Hall–Kier alpha value is -1.59. The molecule has 1 atom stereocenters. The summed E-state index contributed by atoms with van der Waals surface area (Å²) >= 11 is 1.76. The molecule has 21 heavy (non-hydrogen) atoms. The van der Waals surface area contributed by atoms with Gasteiger partial charge in [0, 0.05) is 29.0 Å². The maximum atomic E-state index is 5.50. The molecule has 1 unspecified atom stereocenters. The van der Waals surface area contributed by atoms with Crippen molar-refractivity contribution in [1.29, 1.82) is 0 Å². The van der Waals surface area contributed by atoms with E-state index in [0.717, 1.165) is 34.2 Å². The van der Waals surface area contributed by atoms with Gasteiger partial charge in [0.15, 0.2) is 0 Å². The largest absolute Gasteiger partial charge is 0.497 e. The van der Waals surface area contributed by atoms with Crippen LogP contribution in [-0.4, -0.2) is 26.3 Å². The van der Waals surface area contributed by atoms with Crippen LogP contribution in [0.2, 0.25) is 0 Å². The standard InChI is InChI=1S/C16H22N2O2S/c1-10-11(2)21-16(18-10)9-14(17-3)13-7-6-12(19-4)8-15(13)20-5/h6-8,14,17H,9H2,1-5H3. The average Bonchev–Trinajstić information content (AvgIpc) is 2.82. The van der Waals surface area contributed by atoms with Crippen molar-refractivity contribution in [2.45, 2.75) is 26.3 Å². The van der Waals surface area contributed by atoms with Gasteiger partial charge >= 0.3 is 0 Å². The predicted octanol–water partition coefficient (Wildman–Crippen LogP) is 3.28. The average molecular weight is 306 g/mol. The number of ether oxygens (including phenoxy) is 2. The number of nitrogens with one attached hydrogen (secondary N) is 1. The molecule has 1 N–H and O–H groups in total. The second kappa shape index (κ2) is 6.91. The summed E-state index contributed by atoms with van der Waals surface area (Å²) in [7, 11) is 5.30. The predicted molar refractivity (Wildman–Crippen MR) is 86.6 cm³/mol. The number of aryl methyl sites for hydroxylation is 2. The number of hydrogen-bond donors (Lipinski definition) is 1. The normalized spacial score (nSPS) is 12.2. The fourth-order valence-corrected chi connectivity index (χ4v) is 3.25. The molecule has 0 amide bonds. The van der Waals surface area contributed by atoms with E-state index in [1.807, 2.05) is 25.2 Å². The first-order chi connectivity index (χ1) is 10.1. The molecule has 1 aromatic carbocycles. The number of likely N-dealkylation sites (N-methyl/N-ethyl adjacent to an activating group) is 1. The molecule has 0 bridgehead atoms. The minimum Gasteiger partial charge on any atom is -0.497 e. The number of aromatic nitrogens is 1. The Morgan fingerprint density at radius 3 is 2.52 bits per heavy atom. The number of nitrogens with zero attached hydrogens (tertiary/aromatic N) is 1. The Morgan fingerprint density at radius 1 is 1.24 bits per heavy atom. The van der Waals surface area contributed by atoms with Gasteiger partial charge in [-0.15, -0.1) is 11.3 Å². The van der Waals surface area contributed by atoms with E-state index < -0.39 is 0 Å². The number of rotatable bonds is 6. The Morgan fingerprint density at radius 2 is 2.00 bits per heavy atom. The molecule has 0 aliphatic rings.